The van der Waals surface area contributed by atoms with Gasteiger partial charge in [-0.3, -0.25) is 14.4 Å². The maximum Gasteiger partial charge on any atom is 0.352 e. The van der Waals surface area contributed by atoms with Crippen LogP contribution in [0.2, 0.25) is 0 Å². The topological polar surface area (TPSA) is 200 Å². The number of aromatic nitrogens is 2. The van der Waals surface area contributed by atoms with Gasteiger partial charge in [-0.1, -0.05) is 48.2 Å². The summed E-state index contributed by atoms with van der Waals surface area (Å²) in [5.74, 6) is 3.60. The number of hydrogen-bond acceptors (Lipinski definition) is 7. The molecule has 2 spiro atoms. The molecule has 0 atom stereocenters. The molecule has 6 heterocycles. The summed E-state index contributed by atoms with van der Waals surface area (Å²) in [6.45, 7) is 2.26. The minimum atomic E-state index is -0.969. The van der Waals surface area contributed by atoms with Gasteiger partial charge in [0.25, 0.3) is 17.7 Å². The number of carboxylic acid groups (broad SMARTS) is 1. The maximum absolute atomic E-state index is 13.1. The quantitative estimate of drug-likeness (QED) is 0.0975. The van der Waals surface area contributed by atoms with Crippen molar-refractivity contribution in [1.29, 1.82) is 0 Å². The highest BCUT2D eigenvalue weighted by atomic mass is 16.4. The van der Waals surface area contributed by atoms with Crippen LogP contribution in [-0.4, -0.2) is 93.0 Å². The number of fused-ring (bicyclic) bond motifs is 2. The number of piperidine rings is 2. The van der Waals surface area contributed by atoms with Crippen LogP contribution in [0.4, 0.5) is 21.0 Å². The summed E-state index contributed by atoms with van der Waals surface area (Å²) in [7, 11) is 0. The van der Waals surface area contributed by atoms with Crippen LogP contribution in [-0.2, 0) is 9.59 Å². The highest BCUT2D eigenvalue weighted by Crippen LogP contribution is 2.34. The number of carboxylic acids is 1. The number of aromatic amines is 2. The van der Waals surface area contributed by atoms with Crippen molar-refractivity contribution in [2.75, 3.05) is 36.0 Å². The van der Waals surface area contributed by atoms with E-state index in [1.165, 1.54) is 9.80 Å². The molecule has 0 unspecified atom stereocenters. The molecule has 63 heavy (non-hydrogen) atoms. The molecule has 15 heteroatoms. The number of benzene rings is 4. The zero-order valence-electron chi connectivity index (χ0n) is 33.9. The fraction of sp³-hybridized carbons (Fsp3) is 0.208. The average molecular weight is 843 g/mol. The first-order valence-electron chi connectivity index (χ1n) is 20.3. The lowest BCUT2D eigenvalue weighted by molar-refractivity contribution is -0.124. The lowest BCUT2D eigenvalue weighted by Gasteiger charge is -2.37. The maximum atomic E-state index is 13.1. The third kappa shape index (κ3) is 8.08. The molecule has 6 aromatic rings. The predicted molar refractivity (Wildman–Crippen MR) is 237 cm³/mol. The summed E-state index contributed by atoms with van der Waals surface area (Å²) < 4.78 is 0. The highest BCUT2D eigenvalue weighted by molar-refractivity contribution is 6.24. The van der Waals surface area contributed by atoms with Crippen molar-refractivity contribution in [3.63, 3.8) is 0 Å². The second-order valence-corrected chi connectivity index (χ2v) is 15.6. The summed E-state index contributed by atoms with van der Waals surface area (Å²) in [4.78, 5) is 84.0. The number of nitrogens with one attached hydrogen (secondary N) is 5. The standard InChI is InChI=1S/C24H20N4O3.C13H15N3O2.C11H7NO2/c1-2-16-8-9-19-17(14-16)15-20(25-19)21(29)27-12-10-24(11-13-27)22(30)28(23(31)26-24)18-6-4-3-5-7-18;17-11-13(6-8-14-9-7-13)15-12(18)16(11)10-4-2-1-3-5-10;1-2-7-3-4-9-8(5-7)6-10(12-9)11(13)14/h1,3-9,14-15,25H,10-13H2,(H,26,31);1-5,14H,6-9H2,(H,15,18);1,3-6,12H,(H,13,14). The van der Waals surface area contributed by atoms with Crippen LogP contribution in [0, 0.1) is 24.7 Å². The molecule has 316 valence electrons. The van der Waals surface area contributed by atoms with Gasteiger partial charge >= 0.3 is 18.0 Å². The minimum absolute atomic E-state index is 0.125. The molecule has 4 aromatic carbocycles. The molecular formula is C48H42N8O7. The van der Waals surface area contributed by atoms with E-state index in [9.17, 15) is 28.8 Å². The number of carbonyl (C=O) groups excluding carboxylic acids is 5. The number of rotatable bonds is 4. The fourth-order valence-electron chi connectivity index (χ4n) is 8.33. The SMILES string of the molecule is C#Cc1ccc2[nH]c(C(=O)N3CCC4(CC3)NC(=O)N(c3ccccc3)C4=O)cc2c1.C#Cc1ccc2[nH]c(C(=O)O)cc2c1.O=C1NC2(CCNCC2)C(=O)N1c1ccccc1. The molecule has 15 nitrogen and oxygen atoms in total. The number of urea groups is 2. The lowest BCUT2D eigenvalue weighted by Crippen LogP contribution is -2.56. The van der Waals surface area contributed by atoms with Gasteiger partial charge < -0.3 is 35.9 Å². The zero-order chi connectivity index (χ0) is 44.3. The van der Waals surface area contributed by atoms with Gasteiger partial charge in [0, 0.05) is 46.0 Å². The Morgan fingerprint density at radius 2 is 1.03 bits per heavy atom. The van der Waals surface area contributed by atoms with E-state index < -0.39 is 23.1 Å². The highest BCUT2D eigenvalue weighted by Gasteiger charge is 2.54. The molecule has 4 saturated heterocycles. The van der Waals surface area contributed by atoms with Gasteiger partial charge in [0.15, 0.2) is 0 Å². The second-order valence-electron chi connectivity index (χ2n) is 15.6. The Balaban J connectivity index is 0.000000143. The van der Waals surface area contributed by atoms with Crippen molar-refractivity contribution in [2.24, 2.45) is 0 Å². The van der Waals surface area contributed by atoms with Crippen LogP contribution in [0.3, 0.4) is 0 Å². The van der Waals surface area contributed by atoms with Crippen LogP contribution < -0.4 is 25.8 Å². The number of nitrogens with zero attached hydrogens (tertiary/aromatic N) is 3. The van der Waals surface area contributed by atoms with Crippen LogP contribution in [0.15, 0.2) is 109 Å². The van der Waals surface area contributed by atoms with Gasteiger partial charge in [-0.05, 0) is 112 Å². The van der Waals surface area contributed by atoms with Crippen LogP contribution in [0.5, 0.6) is 0 Å². The molecule has 0 aliphatic carbocycles. The smallest absolute Gasteiger partial charge is 0.352 e. The van der Waals surface area contributed by atoms with Crippen LogP contribution in [0.25, 0.3) is 21.8 Å². The zero-order valence-corrected chi connectivity index (χ0v) is 33.9. The Morgan fingerprint density at radius 1 is 0.587 bits per heavy atom. The van der Waals surface area contributed by atoms with Gasteiger partial charge in [0.1, 0.15) is 22.5 Å². The predicted octanol–water partition coefficient (Wildman–Crippen LogP) is 5.59. The number of aromatic carboxylic acids is 1. The van der Waals surface area contributed by atoms with E-state index in [4.69, 9.17) is 18.0 Å². The first-order chi connectivity index (χ1) is 30.4. The molecule has 4 aliphatic heterocycles. The summed E-state index contributed by atoms with van der Waals surface area (Å²) in [6, 6.07) is 31.4. The number of para-hydroxylation sites is 2. The molecule has 4 fully saturated rings. The summed E-state index contributed by atoms with van der Waals surface area (Å²) >= 11 is 0. The molecule has 10 rings (SSSR count). The summed E-state index contributed by atoms with van der Waals surface area (Å²) in [5, 5.41) is 19.4. The Labute approximate surface area is 361 Å². The first-order valence-corrected chi connectivity index (χ1v) is 20.3. The van der Waals surface area contributed by atoms with Gasteiger partial charge in [0.05, 0.1) is 11.4 Å². The average Bonchev–Trinajstić information content (AvgIpc) is 4.05. The lowest BCUT2D eigenvalue weighted by atomic mass is 9.87. The number of carbonyl (C=O) groups is 6. The first kappa shape index (κ1) is 41.6. The number of amides is 7. The summed E-state index contributed by atoms with van der Waals surface area (Å²) in [5.41, 5.74) is 3.29. The van der Waals surface area contributed by atoms with E-state index in [2.05, 4.69) is 37.8 Å². The van der Waals surface area contributed by atoms with Crippen LogP contribution >= 0.6 is 0 Å². The molecule has 0 saturated carbocycles. The largest absolute Gasteiger partial charge is 0.477 e. The Kier molecular flexibility index (Phi) is 11.3. The van der Waals surface area contributed by atoms with Crippen LogP contribution in [0.1, 0.15) is 57.8 Å². The molecular weight excluding hydrogens is 801 g/mol. The van der Waals surface area contributed by atoms with Crippen molar-refractivity contribution in [1.82, 2.24) is 30.8 Å². The molecule has 7 amide bonds. The molecule has 6 N–H and O–H groups in total. The Bertz CT molecular complexity index is 2860. The Hall–Kier alpha value is -8.14. The molecule has 0 bridgehead atoms. The van der Waals surface area contributed by atoms with E-state index in [1.807, 2.05) is 42.5 Å². The van der Waals surface area contributed by atoms with Gasteiger partial charge in [-0.2, -0.15) is 0 Å². The van der Waals surface area contributed by atoms with E-state index in [1.54, 1.807) is 71.6 Å². The van der Waals surface area contributed by atoms with Gasteiger partial charge in [0.2, 0.25) is 0 Å². The van der Waals surface area contributed by atoms with Crippen molar-refractivity contribution in [3.8, 4) is 24.7 Å². The number of likely N-dealkylation sites (tertiary alicyclic amines) is 1. The third-order valence-electron chi connectivity index (χ3n) is 11.7. The molecule has 4 aliphatic rings. The molecule has 2 aromatic heterocycles. The van der Waals surface area contributed by atoms with E-state index in [-0.39, 0.29) is 29.4 Å². The normalized spacial score (nSPS) is 17.3. The van der Waals surface area contributed by atoms with E-state index in [0.717, 1.165) is 46.0 Å². The van der Waals surface area contributed by atoms with E-state index >= 15 is 0 Å². The van der Waals surface area contributed by atoms with E-state index in [0.29, 0.717) is 55.8 Å². The fourth-order valence-corrected chi connectivity index (χ4v) is 8.33. The number of imide groups is 2. The number of anilines is 2. The number of terminal acetylenes is 2. The Morgan fingerprint density at radius 3 is 1.49 bits per heavy atom. The molecule has 0 radical (unpaired) electrons. The van der Waals surface area contributed by atoms with Crippen molar-refractivity contribution < 1.29 is 33.9 Å². The van der Waals surface area contributed by atoms with Crippen molar-refractivity contribution in [2.45, 2.75) is 36.8 Å². The number of H-pyrrole nitrogens is 2. The minimum Gasteiger partial charge on any atom is -0.477 e. The second kappa shape index (κ2) is 17.1. The van der Waals surface area contributed by atoms with Gasteiger partial charge in [-0.15, -0.1) is 12.8 Å². The van der Waals surface area contributed by atoms with Crippen molar-refractivity contribution >= 4 is 68.9 Å². The third-order valence-corrected chi connectivity index (χ3v) is 11.7. The monoisotopic (exact) mass is 842 g/mol. The summed E-state index contributed by atoms with van der Waals surface area (Å²) in [6.07, 6.45) is 12.7. The number of hydrogen-bond donors (Lipinski definition) is 6. The van der Waals surface area contributed by atoms with Crippen molar-refractivity contribution in [3.05, 3.63) is 132 Å². The van der Waals surface area contributed by atoms with Gasteiger partial charge in [-0.25, -0.2) is 24.2 Å².